The number of nitro benzene ring substituents is 1. The minimum Gasteiger partial charge on any atom is -0.507 e. The van der Waals surface area contributed by atoms with E-state index in [1.807, 2.05) is 30.3 Å². The van der Waals surface area contributed by atoms with Crippen molar-refractivity contribution in [2.24, 2.45) is 17.8 Å². The standard InChI is InChI=1S/C33H30BrN3O7/c1-43-17-21-15-25-31(33(40)36(32(25)39)23-5-4-6-24(16-23)37(41)42)26-18-44-29(30(21)26)11-8-19(27-7-2-3-12-35-27)13-20-14-22(34)9-10-28(20)38/h2-7,9-10,12-14,16,25-26,29,31,38H,8,11,15,17-18H2,1H3/b19-13-/t25-,26+,29-,31-/m1/s1. The number of phenolic OH excluding ortho intramolecular Hbond substituents is 1. The molecule has 1 aliphatic carbocycles. The van der Waals surface area contributed by atoms with Crippen LogP contribution >= 0.6 is 15.9 Å². The summed E-state index contributed by atoms with van der Waals surface area (Å²) in [5.74, 6) is -2.08. The van der Waals surface area contributed by atoms with Crippen molar-refractivity contribution in [1.29, 1.82) is 0 Å². The highest BCUT2D eigenvalue weighted by molar-refractivity contribution is 9.10. The smallest absolute Gasteiger partial charge is 0.271 e. The van der Waals surface area contributed by atoms with E-state index in [2.05, 4.69) is 20.9 Å². The van der Waals surface area contributed by atoms with Crippen LogP contribution in [0.5, 0.6) is 5.75 Å². The first-order valence-corrected chi connectivity index (χ1v) is 15.1. The Morgan fingerprint density at radius 2 is 2.00 bits per heavy atom. The monoisotopic (exact) mass is 659 g/mol. The Bertz CT molecular complexity index is 1690. The molecule has 0 saturated carbocycles. The summed E-state index contributed by atoms with van der Waals surface area (Å²) < 4.78 is 12.7. The van der Waals surface area contributed by atoms with E-state index in [-0.39, 0.29) is 47.6 Å². The predicted molar refractivity (Wildman–Crippen MR) is 166 cm³/mol. The summed E-state index contributed by atoms with van der Waals surface area (Å²) in [7, 11) is 1.60. The molecule has 2 fully saturated rings. The summed E-state index contributed by atoms with van der Waals surface area (Å²) in [4.78, 5) is 44.0. The number of nitrogens with zero attached hydrogens (tertiary/aromatic N) is 3. The maximum Gasteiger partial charge on any atom is 0.271 e. The molecule has 2 saturated heterocycles. The highest BCUT2D eigenvalue weighted by atomic mass is 79.9. The molecule has 1 aromatic heterocycles. The van der Waals surface area contributed by atoms with Gasteiger partial charge in [0.15, 0.2) is 0 Å². The molecule has 11 heteroatoms. The first kappa shape index (κ1) is 29.9. The van der Waals surface area contributed by atoms with Gasteiger partial charge in [0.1, 0.15) is 5.75 Å². The summed E-state index contributed by atoms with van der Waals surface area (Å²) in [6.07, 6.45) is 4.86. The molecule has 226 valence electrons. The third-order valence-electron chi connectivity index (χ3n) is 8.61. The molecule has 2 aliphatic heterocycles. The predicted octanol–water partition coefficient (Wildman–Crippen LogP) is 5.95. The van der Waals surface area contributed by atoms with E-state index < -0.39 is 16.8 Å². The van der Waals surface area contributed by atoms with Gasteiger partial charge >= 0.3 is 0 Å². The summed E-state index contributed by atoms with van der Waals surface area (Å²) in [6, 6.07) is 16.6. The lowest BCUT2D eigenvalue weighted by molar-refractivity contribution is -0.384. The van der Waals surface area contributed by atoms with Gasteiger partial charge in [-0.1, -0.05) is 28.1 Å². The van der Waals surface area contributed by atoms with Crippen LogP contribution in [-0.4, -0.2) is 53.3 Å². The van der Waals surface area contributed by atoms with E-state index >= 15 is 0 Å². The van der Waals surface area contributed by atoms with Crippen LogP contribution in [0.3, 0.4) is 0 Å². The van der Waals surface area contributed by atoms with E-state index in [9.17, 15) is 24.8 Å². The number of methoxy groups -OCH3 is 1. The highest BCUT2D eigenvalue weighted by Gasteiger charge is 2.57. The number of non-ortho nitro benzene ring substituents is 1. The van der Waals surface area contributed by atoms with E-state index in [0.717, 1.165) is 31.8 Å². The van der Waals surface area contributed by atoms with Crippen LogP contribution in [0.1, 0.15) is 30.5 Å². The van der Waals surface area contributed by atoms with Crippen molar-refractivity contribution in [3.8, 4) is 5.75 Å². The van der Waals surface area contributed by atoms with Crippen LogP contribution in [0.4, 0.5) is 11.4 Å². The van der Waals surface area contributed by atoms with Gasteiger partial charge in [0.2, 0.25) is 11.8 Å². The van der Waals surface area contributed by atoms with Crippen molar-refractivity contribution in [2.45, 2.75) is 25.4 Å². The SMILES string of the molecule is COCC1=C2[C@@H](CC/C(=C/c3cc(Br)ccc3O)c3ccccn3)OC[C@@H]2[C@@H]2C(=O)N(c3cccc([N+](=O)[O-])c3)C(=O)[C@@H]2C1. The minimum absolute atomic E-state index is 0.153. The van der Waals surface area contributed by atoms with Crippen LogP contribution in [-0.2, 0) is 19.1 Å². The minimum atomic E-state index is -0.619. The van der Waals surface area contributed by atoms with Crippen molar-refractivity contribution < 1.29 is 29.1 Å². The molecule has 0 bridgehead atoms. The Morgan fingerprint density at radius 3 is 2.75 bits per heavy atom. The highest BCUT2D eigenvalue weighted by Crippen LogP contribution is 2.51. The molecular formula is C33H30BrN3O7. The molecule has 6 rings (SSSR count). The number of carbonyl (C=O) groups is 2. The van der Waals surface area contributed by atoms with E-state index in [1.54, 1.807) is 31.5 Å². The molecule has 3 heterocycles. The Balaban J connectivity index is 1.29. The van der Waals surface area contributed by atoms with Crippen LogP contribution in [0.25, 0.3) is 11.6 Å². The molecule has 2 amide bonds. The number of nitro groups is 1. The number of carbonyl (C=O) groups excluding carboxylic acids is 2. The number of halogens is 1. The van der Waals surface area contributed by atoms with Gasteiger partial charge in [0.25, 0.3) is 5.69 Å². The molecular weight excluding hydrogens is 630 g/mol. The zero-order valence-electron chi connectivity index (χ0n) is 23.9. The quantitative estimate of drug-likeness (QED) is 0.129. The number of anilines is 1. The molecule has 3 aromatic rings. The van der Waals surface area contributed by atoms with Crippen LogP contribution in [0.15, 0.2) is 82.5 Å². The topological polar surface area (TPSA) is 132 Å². The molecule has 0 radical (unpaired) electrons. The number of imide groups is 1. The first-order valence-electron chi connectivity index (χ1n) is 14.3. The van der Waals surface area contributed by atoms with Crippen molar-refractivity contribution in [3.63, 3.8) is 0 Å². The largest absolute Gasteiger partial charge is 0.507 e. The number of pyridine rings is 1. The number of phenols is 1. The zero-order valence-corrected chi connectivity index (χ0v) is 25.5. The second-order valence-corrected chi connectivity index (χ2v) is 12.1. The van der Waals surface area contributed by atoms with E-state index in [4.69, 9.17) is 9.47 Å². The van der Waals surface area contributed by atoms with Gasteiger partial charge in [-0.3, -0.25) is 24.7 Å². The van der Waals surface area contributed by atoms with Crippen molar-refractivity contribution >= 4 is 50.8 Å². The molecule has 2 aromatic carbocycles. The van der Waals surface area contributed by atoms with Crippen LogP contribution in [0.2, 0.25) is 0 Å². The van der Waals surface area contributed by atoms with Crippen molar-refractivity contribution in [2.75, 3.05) is 25.2 Å². The molecule has 44 heavy (non-hydrogen) atoms. The first-order chi connectivity index (χ1) is 21.3. The summed E-state index contributed by atoms with van der Waals surface area (Å²) in [5, 5.41) is 21.9. The summed E-state index contributed by atoms with van der Waals surface area (Å²) >= 11 is 3.48. The lowest BCUT2D eigenvalue weighted by atomic mass is 9.69. The lowest BCUT2D eigenvalue weighted by Crippen LogP contribution is -2.35. The van der Waals surface area contributed by atoms with Crippen molar-refractivity contribution in [3.05, 3.63) is 104 Å². The maximum absolute atomic E-state index is 13.8. The summed E-state index contributed by atoms with van der Waals surface area (Å²) in [6.45, 7) is 0.591. The average molecular weight is 661 g/mol. The number of ether oxygens (including phenoxy) is 2. The Kier molecular flexibility index (Phi) is 8.44. The van der Waals surface area contributed by atoms with Gasteiger partial charge in [-0.15, -0.1) is 0 Å². The van der Waals surface area contributed by atoms with Gasteiger partial charge in [-0.2, -0.15) is 0 Å². The van der Waals surface area contributed by atoms with Gasteiger partial charge in [-0.05, 0) is 78.5 Å². The Labute approximate surface area is 262 Å². The normalized spacial score (nSPS) is 23.2. The fraction of sp³-hybridized carbons (Fsp3) is 0.303. The second kappa shape index (κ2) is 12.4. The molecule has 0 unspecified atom stereocenters. The van der Waals surface area contributed by atoms with E-state index in [0.29, 0.717) is 31.4 Å². The number of aromatic hydroxyl groups is 1. The number of fused-ring (bicyclic) bond motifs is 3. The lowest BCUT2D eigenvalue weighted by Gasteiger charge is -2.31. The van der Waals surface area contributed by atoms with Gasteiger partial charge in [0, 0.05) is 41.4 Å². The number of hydrogen-bond donors (Lipinski definition) is 1. The van der Waals surface area contributed by atoms with Crippen LogP contribution < -0.4 is 4.90 Å². The number of rotatable bonds is 9. The van der Waals surface area contributed by atoms with Gasteiger partial charge in [0.05, 0.1) is 47.5 Å². The number of hydrogen-bond acceptors (Lipinski definition) is 8. The number of benzene rings is 2. The fourth-order valence-corrected chi connectivity index (χ4v) is 7.10. The zero-order chi connectivity index (χ0) is 31.0. The number of aromatic nitrogens is 1. The number of amides is 2. The third-order valence-corrected chi connectivity index (χ3v) is 9.11. The Morgan fingerprint density at radius 1 is 1.16 bits per heavy atom. The molecule has 4 atom stereocenters. The van der Waals surface area contributed by atoms with Gasteiger partial charge in [-0.25, -0.2) is 4.90 Å². The molecule has 0 spiro atoms. The molecule has 1 N–H and O–H groups in total. The maximum atomic E-state index is 13.8. The fourth-order valence-electron chi connectivity index (χ4n) is 6.72. The van der Waals surface area contributed by atoms with Gasteiger partial charge < -0.3 is 14.6 Å². The average Bonchev–Trinajstić information content (AvgIpc) is 3.55. The van der Waals surface area contributed by atoms with Crippen molar-refractivity contribution in [1.82, 2.24) is 4.98 Å². The van der Waals surface area contributed by atoms with Crippen LogP contribution in [0, 0.1) is 27.9 Å². The molecule has 3 aliphatic rings. The second-order valence-electron chi connectivity index (χ2n) is 11.2. The van der Waals surface area contributed by atoms with E-state index in [1.165, 1.54) is 18.2 Å². The number of allylic oxidation sites excluding steroid dienone is 1. The Hall–Kier alpha value is -4.19. The third kappa shape index (κ3) is 5.58. The molecule has 10 nitrogen and oxygen atoms in total. The summed E-state index contributed by atoms with van der Waals surface area (Å²) in [5.41, 5.74) is 4.32.